The monoisotopic (exact) mass is 664 g/mol. The number of phenols is 1. The molecule has 8 rings (SSSR count). The maximum Gasteiger partial charge on any atom is 0.238 e. The third kappa shape index (κ3) is 4.32. The Bertz CT molecular complexity index is 2110. The van der Waals surface area contributed by atoms with Gasteiger partial charge in [-0.3, -0.25) is 19.2 Å². The van der Waals surface area contributed by atoms with Crippen molar-refractivity contribution in [2.24, 2.45) is 29.6 Å². The summed E-state index contributed by atoms with van der Waals surface area (Å²) in [5.41, 5.74) is 3.81. The van der Waals surface area contributed by atoms with Crippen molar-refractivity contribution in [2.45, 2.75) is 32.6 Å². The van der Waals surface area contributed by atoms with Gasteiger partial charge in [0.1, 0.15) is 5.75 Å². The van der Waals surface area contributed by atoms with Crippen molar-refractivity contribution in [3.63, 3.8) is 0 Å². The van der Waals surface area contributed by atoms with Crippen molar-refractivity contribution in [1.29, 1.82) is 0 Å². The summed E-state index contributed by atoms with van der Waals surface area (Å²) in [6, 6.07) is 21.3. The number of nitrogens with zero attached hydrogens (tertiary/aromatic N) is 2. The molecule has 1 N–H and O–H groups in total. The second-order valence-electron chi connectivity index (χ2n) is 13.1. The lowest BCUT2D eigenvalue weighted by Crippen LogP contribution is -2.43. The van der Waals surface area contributed by atoms with Gasteiger partial charge in [-0.05, 0) is 84.8 Å². The van der Waals surface area contributed by atoms with Crippen LogP contribution in [0.2, 0.25) is 10.0 Å². The highest BCUT2D eigenvalue weighted by Gasteiger charge is 2.62. The Morgan fingerprint density at radius 1 is 0.681 bits per heavy atom. The number of imide groups is 2. The van der Waals surface area contributed by atoms with Gasteiger partial charge in [0.25, 0.3) is 0 Å². The van der Waals surface area contributed by atoms with Gasteiger partial charge in [-0.25, -0.2) is 9.80 Å². The van der Waals surface area contributed by atoms with Gasteiger partial charge in [-0.15, -0.1) is 0 Å². The number of aryl methyl sites for hydroxylation is 2. The van der Waals surface area contributed by atoms with Gasteiger partial charge in [-0.1, -0.05) is 77.3 Å². The Labute approximate surface area is 281 Å². The summed E-state index contributed by atoms with van der Waals surface area (Å²) in [6.07, 6.45) is 2.51. The van der Waals surface area contributed by atoms with Crippen LogP contribution in [0.3, 0.4) is 0 Å². The van der Waals surface area contributed by atoms with E-state index in [9.17, 15) is 24.3 Å². The number of aromatic hydroxyl groups is 1. The minimum absolute atomic E-state index is 0.0120. The molecule has 47 heavy (non-hydrogen) atoms. The molecule has 4 amide bonds. The topological polar surface area (TPSA) is 95.0 Å². The fourth-order valence-corrected chi connectivity index (χ4v) is 8.82. The first-order valence-corrected chi connectivity index (χ1v) is 16.5. The summed E-state index contributed by atoms with van der Waals surface area (Å²) in [7, 11) is 0. The Balaban J connectivity index is 1.29. The normalized spacial score (nSPS) is 26.9. The quantitative estimate of drug-likeness (QED) is 0.181. The molecule has 4 aromatic rings. The molecule has 3 fully saturated rings. The Kier molecular flexibility index (Phi) is 6.87. The van der Waals surface area contributed by atoms with E-state index in [2.05, 4.69) is 0 Å². The number of allylic oxidation sites excluding steroid dienone is 2. The van der Waals surface area contributed by atoms with Crippen LogP contribution in [-0.4, -0.2) is 28.7 Å². The minimum Gasteiger partial charge on any atom is -0.508 e. The molecule has 2 heterocycles. The molecule has 7 nitrogen and oxygen atoms in total. The number of hydrogen-bond acceptors (Lipinski definition) is 5. The molecule has 236 valence electrons. The first-order valence-electron chi connectivity index (χ1n) is 15.7. The van der Waals surface area contributed by atoms with Crippen molar-refractivity contribution in [2.75, 3.05) is 9.80 Å². The second-order valence-corrected chi connectivity index (χ2v) is 13.9. The molecule has 4 aromatic carbocycles. The smallest absolute Gasteiger partial charge is 0.238 e. The molecular weight excluding hydrogens is 635 g/mol. The van der Waals surface area contributed by atoms with Crippen molar-refractivity contribution in [3.8, 4) is 5.75 Å². The van der Waals surface area contributed by atoms with Crippen LogP contribution in [0.5, 0.6) is 5.75 Å². The summed E-state index contributed by atoms with van der Waals surface area (Å²) in [5.74, 6) is -5.51. The van der Waals surface area contributed by atoms with Gasteiger partial charge in [0.15, 0.2) is 0 Å². The predicted molar refractivity (Wildman–Crippen MR) is 180 cm³/mol. The van der Waals surface area contributed by atoms with E-state index < -0.39 is 35.5 Å². The number of hydrogen-bond donors (Lipinski definition) is 1. The molecule has 6 atom stereocenters. The van der Waals surface area contributed by atoms with E-state index in [-0.39, 0.29) is 35.8 Å². The molecule has 4 aliphatic rings. The molecule has 2 aliphatic carbocycles. The molecule has 0 bridgehead atoms. The number of amides is 4. The van der Waals surface area contributed by atoms with Crippen molar-refractivity contribution in [1.82, 2.24) is 0 Å². The van der Waals surface area contributed by atoms with Crippen LogP contribution < -0.4 is 9.80 Å². The molecule has 0 radical (unpaired) electrons. The second kappa shape index (κ2) is 10.8. The summed E-state index contributed by atoms with van der Waals surface area (Å²) >= 11 is 12.9. The average molecular weight is 666 g/mol. The van der Waals surface area contributed by atoms with Crippen LogP contribution in [0.15, 0.2) is 84.4 Å². The maximum absolute atomic E-state index is 14.5. The molecule has 1 saturated carbocycles. The van der Waals surface area contributed by atoms with Crippen LogP contribution in [0.25, 0.3) is 10.8 Å². The fraction of sp³-hybridized carbons (Fsp3) is 0.263. The zero-order chi connectivity index (χ0) is 32.9. The molecule has 9 heteroatoms. The van der Waals surface area contributed by atoms with Gasteiger partial charge in [0.05, 0.1) is 35.0 Å². The van der Waals surface area contributed by atoms with Gasteiger partial charge in [0, 0.05) is 21.5 Å². The van der Waals surface area contributed by atoms with E-state index in [1.54, 1.807) is 42.5 Å². The summed E-state index contributed by atoms with van der Waals surface area (Å²) in [4.78, 5) is 59.5. The largest absolute Gasteiger partial charge is 0.508 e. The molecule has 0 aromatic heterocycles. The van der Waals surface area contributed by atoms with Crippen LogP contribution >= 0.6 is 23.2 Å². The van der Waals surface area contributed by atoms with E-state index >= 15 is 0 Å². The number of halogens is 2. The van der Waals surface area contributed by atoms with Crippen LogP contribution in [0.1, 0.15) is 35.4 Å². The number of benzene rings is 4. The third-order valence-electron chi connectivity index (χ3n) is 10.7. The zero-order valence-electron chi connectivity index (χ0n) is 25.6. The van der Waals surface area contributed by atoms with E-state index in [1.807, 2.05) is 50.3 Å². The summed E-state index contributed by atoms with van der Waals surface area (Å²) in [6.45, 7) is 3.70. The van der Waals surface area contributed by atoms with Crippen molar-refractivity contribution < 1.29 is 24.3 Å². The zero-order valence-corrected chi connectivity index (χ0v) is 27.1. The average Bonchev–Trinajstić information content (AvgIpc) is 3.46. The molecule has 2 aliphatic heterocycles. The Hall–Kier alpha value is -4.46. The Morgan fingerprint density at radius 3 is 1.91 bits per heavy atom. The predicted octanol–water partition coefficient (Wildman–Crippen LogP) is 7.51. The highest BCUT2D eigenvalue weighted by molar-refractivity contribution is 6.33. The van der Waals surface area contributed by atoms with Gasteiger partial charge < -0.3 is 5.11 Å². The van der Waals surface area contributed by atoms with Crippen LogP contribution in [-0.2, 0) is 19.2 Å². The molecule has 6 unspecified atom stereocenters. The highest BCUT2D eigenvalue weighted by Crippen LogP contribution is 2.60. The number of carbonyl (C=O) groups is 4. The van der Waals surface area contributed by atoms with Crippen LogP contribution in [0, 0.1) is 43.4 Å². The molecular formula is C38H30Cl2N2O5. The molecule has 0 spiro atoms. The van der Waals surface area contributed by atoms with E-state index in [1.165, 1.54) is 9.80 Å². The Morgan fingerprint density at radius 2 is 1.28 bits per heavy atom. The summed E-state index contributed by atoms with van der Waals surface area (Å²) in [5, 5.41) is 14.0. The van der Waals surface area contributed by atoms with E-state index in [0.717, 1.165) is 27.5 Å². The lowest BCUT2D eigenvalue weighted by atomic mass is 9.56. The minimum atomic E-state index is -0.822. The van der Waals surface area contributed by atoms with Crippen LogP contribution in [0.4, 0.5) is 11.4 Å². The first kappa shape index (κ1) is 29.9. The van der Waals surface area contributed by atoms with Gasteiger partial charge >= 0.3 is 0 Å². The van der Waals surface area contributed by atoms with Crippen molar-refractivity contribution in [3.05, 3.63) is 111 Å². The fourth-order valence-electron chi connectivity index (χ4n) is 8.47. The number of phenolic OH excluding ortho intramolecular Hbond substituents is 1. The SMILES string of the molecule is Cc1ccc(N2C(=O)C3CC=C4C(CC5C(=O)N(c6ccc(C)c(Cl)c6)C(=O)C5C4c4c(O)ccc5ccccc45)C3C2=O)cc1Cl. The number of fused-ring (bicyclic) bond motifs is 5. The van der Waals surface area contributed by atoms with E-state index in [4.69, 9.17) is 23.2 Å². The molecule has 2 saturated heterocycles. The first-order chi connectivity index (χ1) is 22.6. The lowest BCUT2D eigenvalue weighted by molar-refractivity contribution is -0.126. The number of anilines is 2. The third-order valence-corrected chi connectivity index (χ3v) is 11.5. The standard InChI is InChI=1S/C38H30Cl2N2O5/c1-18-7-10-21(15-28(18)39)41-35(44)25-13-12-24-26(31(25)37(41)46)17-27-34(33(24)32-23-6-4-3-5-20(23)9-14-30(32)43)38(47)42(36(27)45)22-11-8-19(2)29(40)16-22/h3-12,14-16,25-27,31,33-34,43H,13,17H2,1-2H3. The summed E-state index contributed by atoms with van der Waals surface area (Å²) < 4.78 is 0. The highest BCUT2D eigenvalue weighted by atomic mass is 35.5. The van der Waals surface area contributed by atoms with Gasteiger partial charge in [0.2, 0.25) is 23.6 Å². The number of rotatable bonds is 3. The van der Waals surface area contributed by atoms with E-state index in [0.29, 0.717) is 33.4 Å². The van der Waals surface area contributed by atoms with Gasteiger partial charge in [-0.2, -0.15) is 0 Å². The lowest BCUT2D eigenvalue weighted by Gasteiger charge is -2.44. The van der Waals surface area contributed by atoms with Crippen molar-refractivity contribution >= 4 is 69.0 Å². The maximum atomic E-state index is 14.5. The number of carbonyl (C=O) groups excluding carboxylic acids is 4.